The van der Waals surface area contributed by atoms with Crippen molar-refractivity contribution < 1.29 is 13.9 Å². The van der Waals surface area contributed by atoms with Gasteiger partial charge in [-0.1, -0.05) is 23.5 Å². The fourth-order valence-electron chi connectivity index (χ4n) is 2.81. The lowest BCUT2D eigenvalue weighted by molar-refractivity contribution is -0.115. The largest absolute Gasteiger partial charge is 0.377 e. The molecule has 0 saturated carbocycles. The maximum Gasteiger partial charge on any atom is 0.227 e. The Morgan fingerprint density at radius 2 is 2.03 bits per heavy atom. The molecule has 0 radical (unpaired) electrons. The number of ether oxygens (including phenoxy) is 1. The molecule has 0 spiro atoms. The van der Waals surface area contributed by atoms with Gasteiger partial charge in [0.2, 0.25) is 11.0 Å². The Hall–Kier alpha value is -3.02. The molecule has 30 heavy (non-hydrogen) atoms. The molecule has 4 aromatic rings. The standard InChI is InChI=1S/C19H17FN6O2S2/c1-28-8-15-25-26-19(30-15)24-14(27)6-7-21-17-16-13(9-29-18(16)23-10-22-17)11-2-4-12(20)5-3-11/h2-5,9-10H,6-8H2,1H3,(H,21,22,23)(H,24,26,27). The van der Waals surface area contributed by atoms with Crippen LogP contribution in [0.5, 0.6) is 0 Å². The van der Waals surface area contributed by atoms with E-state index in [-0.39, 0.29) is 18.1 Å². The quantitative estimate of drug-likeness (QED) is 0.424. The maximum absolute atomic E-state index is 13.3. The Bertz CT molecular complexity index is 1160. The molecule has 0 atom stereocenters. The van der Waals surface area contributed by atoms with Crippen LogP contribution in [0.3, 0.4) is 0 Å². The number of amides is 1. The van der Waals surface area contributed by atoms with Crippen LogP contribution in [0.15, 0.2) is 36.0 Å². The Labute approximate surface area is 179 Å². The van der Waals surface area contributed by atoms with Gasteiger partial charge in [-0.2, -0.15) is 0 Å². The lowest BCUT2D eigenvalue weighted by atomic mass is 10.1. The van der Waals surface area contributed by atoms with Crippen LogP contribution in [-0.4, -0.2) is 39.7 Å². The summed E-state index contributed by atoms with van der Waals surface area (Å²) in [5.41, 5.74) is 1.79. The van der Waals surface area contributed by atoms with E-state index in [1.807, 2.05) is 5.38 Å². The van der Waals surface area contributed by atoms with Crippen molar-refractivity contribution in [2.24, 2.45) is 0 Å². The number of aromatic nitrogens is 4. The number of fused-ring (bicyclic) bond motifs is 1. The topological polar surface area (TPSA) is 102 Å². The van der Waals surface area contributed by atoms with E-state index in [2.05, 4.69) is 30.8 Å². The van der Waals surface area contributed by atoms with Crippen molar-refractivity contribution in [2.45, 2.75) is 13.0 Å². The van der Waals surface area contributed by atoms with Crippen LogP contribution in [-0.2, 0) is 16.1 Å². The molecule has 11 heteroatoms. The molecule has 0 fully saturated rings. The number of benzene rings is 1. The first-order chi connectivity index (χ1) is 14.6. The molecule has 0 aliphatic heterocycles. The van der Waals surface area contributed by atoms with Crippen LogP contribution in [0.2, 0.25) is 0 Å². The minimum Gasteiger partial charge on any atom is -0.377 e. The number of methoxy groups -OCH3 is 1. The van der Waals surface area contributed by atoms with Gasteiger partial charge in [0, 0.05) is 31.0 Å². The molecular formula is C19H17FN6O2S2. The summed E-state index contributed by atoms with van der Waals surface area (Å²) in [6.45, 7) is 0.732. The first-order valence-corrected chi connectivity index (χ1v) is 10.7. The molecule has 0 aliphatic rings. The van der Waals surface area contributed by atoms with Crippen molar-refractivity contribution >= 4 is 49.7 Å². The van der Waals surface area contributed by atoms with E-state index in [0.717, 1.165) is 21.3 Å². The van der Waals surface area contributed by atoms with Crippen LogP contribution in [0, 0.1) is 5.82 Å². The second-order valence-electron chi connectivity index (χ2n) is 6.22. The van der Waals surface area contributed by atoms with E-state index < -0.39 is 0 Å². The number of nitrogens with one attached hydrogen (secondary N) is 2. The fourth-order valence-corrected chi connectivity index (χ4v) is 4.46. The van der Waals surface area contributed by atoms with E-state index in [1.54, 1.807) is 19.2 Å². The van der Waals surface area contributed by atoms with Crippen LogP contribution >= 0.6 is 22.7 Å². The van der Waals surface area contributed by atoms with Crippen LogP contribution < -0.4 is 10.6 Å². The van der Waals surface area contributed by atoms with Gasteiger partial charge in [-0.3, -0.25) is 4.79 Å². The smallest absolute Gasteiger partial charge is 0.227 e. The molecule has 0 saturated heterocycles. The molecule has 3 aromatic heterocycles. The van der Waals surface area contributed by atoms with Crippen LogP contribution in [0.4, 0.5) is 15.3 Å². The number of nitrogens with zero attached hydrogens (tertiary/aromatic N) is 4. The van der Waals surface area contributed by atoms with Crippen molar-refractivity contribution in [3.05, 3.63) is 46.8 Å². The molecule has 3 heterocycles. The molecule has 154 valence electrons. The number of rotatable bonds is 8. The van der Waals surface area contributed by atoms with Crippen molar-refractivity contribution in [1.29, 1.82) is 0 Å². The Morgan fingerprint density at radius 3 is 2.83 bits per heavy atom. The maximum atomic E-state index is 13.3. The Balaban J connectivity index is 1.43. The zero-order chi connectivity index (χ0) is 20.9. The minimum absolute atomic E-state index is 0.183. The van der Waals surface area contributed by atoms with Gasteiger partial charge in [0.1, 0.15) is 34.4 Å². The number of halogens is 1. The van der Waals surface area contributed by atoms with Gasteiger partial charge in [-0.05, 0) is 17.7 Å². The molecule has 0 aliphatic carbocycles. The van der Waals surface area contributed by atoms with Gasteiger partial charge in [0.05, 0.1) is 5.39 Å². The number of anilines is 2. The van der Waals surface area contributed by atoms with E-state index >= 15 is 0 Å². The summed E-state index contributed by atoms with van der Waals surface area (Å²) in [7, 11) is 1.57. The van der Waals surface area contributed by atoms with Crippen molar-refractivity contribution in [2.75, 3.05) is 24.3 Å². The van der Waals surface area contributed by atoms with E-state index in [4.69, 9.17) is 4.74 Å². The highest BCUT2D eigenvalue weighted by molar-refractivity contribution is 7.17. The van der Waals surface area contributed by atoms with Gasteiger partial charge in [-0.25, -0.2) is 14.4 Å². The number of hydrogen-bond donors (Lipinski definition) is 2. The number of hydrogen-bond acceptors (Lipinski definition) is 9. The van der Waals surface area contributed by atoms with Crippen molar-refractivity contribution in [3.63, 3.8) is 0 Å². The highest BCUT2D eigenvalue weighted by atomic mass is 32.1. The summed E-state index contributed by atoms with van der Waals surface area (Å²) in [5.74, 6) is 0.160. The molecule has 1 aromatic carbocycles. The highest BCUT2D eigenvalue weighted by Gasteiger charge is 2.14. The zero-order valence-corrected chi connectivity index (χ0v) is 17.5. The first-order valence-electron chi connectivity index (χ1n) is 8.97. The van der Waals surface area contributed by atoms with Gasteiger partial charge in [0.25, 0.3) is 0 Å². The summed E-state index contributed by atoms with van der Waals surface area (Å²) < 4.78 is 18.3. The predicted octanol–water partition coefficient (Wildman–Crippen LogP) is 3.94. The Kier molecular flexibility index (Phi) is 6.21. The number of carbonyl (C=O) groups excluding carboxylic acids is 1. The second kappa shape index (κ2) is 9.20. The summed E-state index contributed by atoms with van der Waals surface area (Å²) in [5, 5.41) is 17.7. The number of carbonyl (C=O) groups is 1. The van der Waals surface area contributed by atoms with Gasteiger partial charge >= 0.3 is 0 Å². The molecule has 4 rings (SSSR count). The summed E-state index contributed by atoms with van der Waals surface area (Å²) >= 11 is 2.76. The van der Waals surface area contributed by atoms with Crippen molar-refractivity contribution in [3.8, 4) is 11.1 Å². The highest BCUT2D eigenvalue weighted by Crippen LogP contribution is 2.36. The first kappa shape index (κ1) is 20.3. The van der Waals surface area contributed by atoms with Crippen LogP contribution in [0.1, 0.15) is 11.4 Å². The summed E-state index contributed by atoms with van der Waals surface area (Å²) in [4.78, 5) is 21.7. The molecule has 2 N–H and O–H groups in total. The van der Waals surface area contributed by atoms with E-state index in [9.17, 15) is 9.18 Å². The predicted molar refractivity (Wildman–Crippen MR) is 115 cm³/mol. The summed E-state index contributed by atoms with van der Waals surface area (Å²) in [6, 6.07) is 6.29. The van der Waals surface area contributed by atoms with E-state index in [0.29, 0.717) is 29.1 Å². The van der Waals surface area contributed by atoms with Crippen molar-refractivity contribution in [1.82, 2.24) is 20.2 Å². The third kappa shape index (κ3) is 4.58. The minimum atomic E-state index is -0.288. The average Bonchev–Trinajstić information content (AvgIpc) is 3.36. The lowest BCUT2D eigenvalue weighted by Gasteiger charge is -2.08. The lowest BCUT2D eigenvalue weighted by Crippen LogP contribution is -2.16. The molecule has 1 amide bonds. The zero-order valence-electron chi connectivity index (χ0n) is 15.9. The monoisotopic (exact) mass is 444 g/mol. The molecule has 0 unspecified atom stereocenters. The fraction of sp³-hybridized carbons (Fsp3) is 0.211. The average molecular weight is 445 g/mol. The SMILES string of the molecule is COCc1nnc(NC(=O)CCNc2ncnc3scc(-c4ccc(F)cc4)c23)s1. The third-order valence-electron chi connectivity index (χ3n) is 4.15. The van der Waals surface area contributed by atoms with Gasteiger partial charge in [0.15, 0.2) is 0 Å². The van der Waals surface area contributed by atoms with Crippen LogP contribution in [0.25, 0.3) is 21.3 Å². The van der Waals surface area contributed by atoms with E-state index in [1.165, 1.54) is 41.1 Å². The number of thiophene rings is 1. The van der Waals surface area contributed by atoms with Gasteiger partial charge < -0.3 is 15.4 Å². The Morgan fingerprint density at radius 1 is 1.20 bits per heavy atom. The van der Waals surface area contributed by atoms with Gasteiger partial charge in [-0.15, -0.1) is 21.5 Å². The third-order valence-corrected chi connectivity index (χ3v) is 5.85. The summed E-state index contributed by atoms with van der Waals surface area (Å²) in [6.07, 6.45) is 1.70. The second-order valence-corrected chi connectivity index (χ2v) is 8.14. The molecular weight excluding hydrogens is 427 g/mol. The normalized spacial score (nSPS) is 11.0. The molecule has 0 bridgehead atoms. The molecule has 8 nitrogen and oxygen atoms in total.